The number of aromatic nitrogens is 2. The molecule has 82 valence electrons. The van der Waals surface area contributed by atoms with E-state index in [0.29, 0.717) is 31.3 Å². The maximum Gasteiger partial charge on any atom is 0.275 e. The normalized spacial score (nSPS) is 21.7. The molecule has 0 saturated carbocycles. The van der Waals surface area contributed by atoms with Crippen LogP contribution in [0.3, 0.4) is 0 Å². The first-order valence-electron chi connectivity index (χ1n) is 4.55. The zero-order valence-corrected chi connectivity index (χ0v) is 9.50. The zero-order valence-electron chi connectivity index (χ0n) is 7.93. The Morgan fingerprint density at radius 3 is 3.33 bits per heavy atom. The highest BCUT2D eigenvalue weighted by Gasteiger charge is 2.25. The minimum absolute atomic E-state index is 0.0732. The average Bonchev–Trinajstić information content (AvgIpc) is 2.81. The molecule has 1 unspecified atom stereocenters. The van der Waals surface area contributed by atoms with E-state index in [9.17, 15) is 4.79 Å². The molecule has 0 bridgehead atoms. The van der Waals surface area contributed by atoms with Crippen LogP contribution in [-0.4, -0.2) is 52.1 Å². The van der Waals surface area contributed by atoms with Gasteiger partial charge in [0.25, 0.3) is 5.91 Å². The minimum Gasteiger partial charge on any atom is -0.373 e. The van der Waals surface area contributed by atoms with E-state index in [2.05, 4.69) is 9.59 Å². The van der Waals surface area contributed by atoms with E-state index < -0.39 is 0 Å². The first-order valence-corrected chi connectivity index (χ1v) is 5.92. The first kappa shape index (κ1) is 10.8. The zero-order chi connectivity index (χ0) is 10.7. The molecule has 1 fully saturated rings. The minimum atomic E-state index is -0.0952. The molecule has 1 aromatic rings. The lowest BCUT2D eigenvalue weighted by Crippen LogP contribution is -2.46. The van der Waals surface area contributed by atoms with Crippen LogP contribution in [0.2, 0.25) is 0 Å². The average molecular weight is 248 g/mol. The molecular weight excluding hydrogens is 238 g/mol. The molecule has 2 rings (SSSR count). The molecule has 15 heavy (non-hydrogen) atoms. The largest absolute Gasteiger partial charge is 0.373 e. The Morgan fingerprint density at radius 2 is 2.67 bits per heavy atom. The summed E-state index contributed by atoms with van der Waals surface area (Å²) in [6.45, 7) is 1.64. The van der Waals surface area contributed by atoms with Crippen LogP contribution in [0.15, 0.2) is 5.38 Å². The van der Waals surface area contributed by atoms with Gasteiger partial charge in [-0.25, -0.2) is 0 Å². The molecule has 1 atom stereocenters. The molecule has 1 aliphatic heterocycles. The van der Waals surface area contributed by atoms with E-state index in [1.165, 1.54) is 11.5 Å². The number of carbonyl (C=O) groups excluding carboxylic acids is 1. The summed E-state index contributed by atoms with van der Waals surface area (Å²) in [5, 5.41) is 5.39. The van der Waals surface area contributed by atoms with Crippen molar-refractivity contribution >= 4 is 29.0 Å². The monoisotopic (exact) mass is 247 g/mol. The van der Waals surface area contributed by atoms with Crippen LogP contribution >= 0.6 is 23.1 Å². The van der Waals surface area contributed by atoms with Crippen LogP contribution in [0, 0.1) is 0 Å². The van der Waals surface area contributed by atoms with Gasteiger partial charge in [0.15, 0.2) is 5.69 Å². The van der Waals surface area contributed by atoms with Crippen molar-refractivity contribution in [3.63, 3.8) is 0 Å². The second-order valence-electron chi connectivity index (χ2n) is 3.19. The van der Waals surface area contributed by atoms with E-state index >= 15 is 0 Å². The summed E-state index contributed by atoms with van der Waals surface area (Å²) >= 11 is 6.86. The van der Waals surface area contributed by atoms with Crippen molar-refractivity contribution in [2.24, 2.45) is 0 Å². The highest BCUT2D eigenvalue weighted by molar-refractivity contribution is 7.03. The fraction of sp³-hybridized carbons (Fsp3) is 0.625. The van der Waals surface area contributed by atoms with Crippen LogP contribution in [0.25, 0.3) is 0 Å². The Morgan fingerprint density at radius 1 is 1.80 bits per heavy atom. The highest BCUT2D eigenvalue weighted by atomic mass is 35.5. The van der Waals surface area contributed by atoms with Gasteiger partial charge < -0.3 is 9.64 Å². The Hall–Kier alpha value is -0.720. The van der Waals surface area contributed by atoms with Crippen molar-refractivity contribution in [3.8, 4) is 0 Å². The molecule has 2 heterocycles. The maximum absolute atomic E-state index is 11.9. The van der Waals surface area contributed by atoms with Gasteiger partial charge in [-0.1, -0.05) is 4.49 Å². The number of morpholine rings is 1. The topological polar surface area (TPSA) is 55.3 Å². The molecule has 1 aliphatic rings. The van der Waals surface area contributed by atoms with Crippen LogP contribution in [0.5, 0.6) is 0 Å². The van der Waals surface area contributed by atoms with Crippen molar-refractivity contribution in [2.75, 3.05) is 25.6 Å². The van der Waals surface area contributed by atoms with Gasteiger partial charge in [0.2, 0.25) is 0 Å². The number of halogens is 1. The molecule has 1 amide bonds. The summed E-state index contributed by atoms with van der Waals surface area (Å²) in [6.07, 6.45) is -0.0732. The molecule has 1 saturated heterocycles. The van der Waals surface area contributed by atoms with Crippen LogP contribution < -0.4 is 0 Å². The number of alkyl halides is 1. The predicted molar refractivity (Wildman–Crippen MR) is 56.3 cm³/mol. The fourth-order valence-electron chi connectivity index (χ4n) is 1.42. The Labute approximate surface area is 96.1 Å². The third-order valence-electron chi connectivity index (χ3n) is 2.18. The Bertz CT molecular complexity index is 333. The number of amides is 1. The molecule has 0 N–H and O–H groups in total. The van der Waals surface area contributed by atoms with Crippen molar-refractivity contribution < 1.29 is 9.53 Å². The maximum atomic E-state index is 11.9. The second-order valence-corrected chi connectivity index (χ2v) is 4.11. The summed E-state index contributed by atoms with van der Waals surface area (Å²) in [5.41, 5.74) is 0.398. The van der Waals surface area contributed by atoms with Gasteiger partial charge >= 0.3 is 0 Å². The van der Waals surface area contributed by atoms with Gasteiger partial charge in [0, 0.05) is 18.5 Å². The number of rotatable bonds is 2. The van der Waals surface area contributed by atoms with Crippen molar-refractivity contribution in [3.05, 3.63) is 11.1 Å². The predicted octanol–water partition coefficient (Wildman–Crippen LogP) is 0.618. The lowest BCUT2D eigenvalue weighted by atomic mass is 10.3. The van der Waals surface area contributed by atoms with E-state index in [1.54, 1.807) is 10.3 Å². The SMILES string of the molecule is O=C(c1csnn1)N1CCOC(CCl)C1. The molecule has 7 heteroatoms. The van der Waals surface area contributed by atoms with Crippen molar-refractivity contribution in [1.29, 1.82) is 0 Å². The number of carbonyl (C=O) groups is 1. The summed E-state index contributed by atoms with van der Waals surface area (Å²) in [7, 11) is 0. The Balaban J connectivity index is 2.01. The molecule has 5 nitrogen and oxygen atoms in total. The fourth-order valence-corrected chi connectivity index (χ4v) is 2.03. The summed E-state index contributed by atoms with van der Waals surface area (Å²) in [6, 6.07) is 0. The third kappa shape index (κ3) is 2.45. The summed E-state index contributed by atoms with van der Waals surface area (Å²) in [5.74, 6) is 0.307. The number of hydrogen-bond acceptors (Lipinski definition) is 5. The van der Waals surface area contributed by atoms with Gasteiger partial charge in [-0.2, -0.15) is 0 Å². The van der Waals surface area contributed by atoms with E-state index in [4.69, 9.17) is 16.3 Å². The lowest BCUT2D eigenvalue weighted by Gasteiger charge is -2.31. The molecule has 0 radical (unpaired) electrons. The molecule has 1 aromatic heterocycles. The van der Waals surface area contributed by atoms with Crippen LogP contribution in [0.1, 0.15) is 10.5 Å². The van der Waals surface area contributed by atoms with Crippen LogP contribution in [0.4, 0.5) is 0 Å². The van der Waals surface area contributed by atoms with E-state index in [0.717, 1.165) is 0 Å². The standard InChI is InChI=1S/C8H10ClN3O2S/c9-3-6-4-12(1-2-14-6)8(13)7-5-15-11-10-7/h5-6H,1-4H2. The lowest BCUT2D eigenvalue weighted by molar-refractivity contribution is -0.0110. The number of hydrogen-bond donors (Lipinski definition) is 0. The van der Waals surface area contributed by atoms with Gasteiger partial charge in [0.05, 0.1) is 18.6 Å². The highest BCUT2D eigenvalue weighted by Crippen LogP contribution is 2.10. The van der Waals surface area contributed by atoms with Gasteiger partial charge in [0.1, 0.15) is 0 Å². The smallest absolute Gasteiger partial charge is 0.275 e. The Kier molecular flexibility index (Phi) is 3.50. The van der Waals surface area contributed by atoms with Crippen molar-refractivity contribution in [2.45, 2.75) is 6.10 Å². The first-order chi connectivity index (χ1) is 7.31. The van der Waals surface area contributed by atoms with E-state index in [1.807, 2.05) is 0 Å². The quantitative estimate of drug-likeness (QED) is 0.719. The summed E-state index contributed by atoms with van der Waals surface area (Å²) in [4.78, 5) is 13.6. The summed E-state index contributed by atoms with van der Waals surface area (Å²) < 4.78 is 9.03. The molecule has 0 aromatic carbocycles. The van der Waals surface area contributed by atoms with Gasteiger partial charge in [-0.15, -0.1) is 16.7 Å². The number of nitrogens with zero attached hydrogens (tertiary/aromatic N) is 3. The number of ether oxygens (including phenoxy) is 1. The van der Waals surface area contributed by atoms with Crippen LogP contribution in [-0.2, 0) is 4.74 Å². The molecule has 0 aliphatic carbocycles. The van der Waals surface area contributed by atoms with E-state index in [-0.39, 0.29) is 12.0 Å². The molecule has 0 spiro atoms. The van der Waals surface area contributed by atoms with Gasteiger partial charge in [-0.3, -0.25) is 4.79 Å². The third-order valence-corrected chi connectivity index (χ3v) is 3.03. The molecular formula is C8H10ClN3O2S. The second kappa shape index (κ2) is 4.87. The van der Waals surface area contributed by atoms with Crippen molar-refractivity contribution in [1.82, 2.24) is 14.5 Å². The van der Waals surface area contributed by atoms with Gasteiger partial charge in [-0.05, 0) is 11.5 Å².